The molecule has 3 nitrogen and oxygen atoms in total. The molecule has 0 aromatic rings. The molecular formula is C9H15N2O. The maximum absolute atomic E-state index is 11.0. The Labute approximate surface area is 73.0 Å². The van der Waals surface area contributed by atoms with Crippen LogP contribution in [0.4, 0.5) is 0 Å². The number of rotatable bonds is 3. The third-order valence-electron chi connectivity index (χ3n) is 2.27. The molecule has 2 N–H and O–H groups in total. The molecule has 1 fully saturated rings. The predicted octanol–water partition coefficient (Wildman–Crippen LogP) is 0.431. The monoisotopic (exact) mass is 167 g/mol. The Morgan fingerprint density at radius 3 is 3.08 bits per heavy atom. The minimum atomic E-state index is -0.217. The minimum Gasteiger partial charge on any atom is -0.369 e. The molecular weight excluding hydrogens is 152 g/mol. The van der Waals surface area contributed by atoms with Crippen molar-refractivity contribution in [2.75, 3.05) is 6.54 Å². The lowest BCUT2D eigenvalue weighted by molar-refractivity contribution is -0.123. The van der Waals surface area contributed by atoms with Gasteiger partial charge in [-0.15, -0.1) is 6.58 Å². The van der Waals surface area contributed by atoms with Gasteiger partial charge in [0.15, 0.2) is 0 Å². The first-order chi connectivity index (χ1) is 5.75. The van der Waals surface area contributed by atoms with Crippen LogP contribution in [0, 0.1) is 5.92 Å². The van der Waals surface area contributed by atoms with Crippen LogP contribution in [0.2, 0.25) is 0 Å². The fourth-order valence-electron chi connectivity index (χ4n) is 1.63. The van der Waals surface area contributed by atoms with E-state index in [1.807, 2.05) is 0 Å². The van der Waals surface area contributed by atoms with Gasteiger partial charge in [0.05, 0.1) is 5.92 Å². The number of hydrogen-bond acceptors (Lipinski definition) is 1. The lowest BCUT2D eigenvalue weighted by Gasteiger charge is -2.27. The average molecular weight is 167 g/mol. The number of amides is 1. The van der Waals surface area contributed by atoms with E-state index < -0.39 is 0 Å². The van der Waals surface area contributed by atoms with Crippen LogP contribution < -0.4 is 11.1 Å². The fourth-order valence-corrected chi connectivity index (χ4v) is 1.63. The maximum Gasteiger partial charge on any atom is 0.222 e. The molecule has 1 rings (SSSR count). The second kappa shape index (κ2) is 4.26. The van der Waals surface area contributed by atoms with E-state index in [-0.39, 0.29) is 17.9 Å². The lowest BCUT2D eigenvalue weighted by atomic mass is 9.88. The Bertz CT molecular complexity index is 179. The van der Waals surface area contributed by atoms with Crippen molar-refractivity contribution in [3.05, 3.63) is 12.7 Å². The van der Waals surface area contributed by atoms with Gasteiger partial charge < -0.3 is 5.73 Å². The minimum absolute atomic E-state index is 0.0586. The van der Waals surface area contributed by atoms with Gasteiger partial charge in [-0.05, 0) is 19.3 Å². The number of carbonyl (C=O) groups is 1. The first-order valence-corrected chi connectivity index (χ1v) is 4.32. The molecule has 0 aromatic carbocycles. The van der Waals surface area contributed by atoms with E-state index in [1.54, 1.807) is 6.08 Å². The van der Waals surface area contributed by atoms with Crippen LogP contribution in [0.25, 0.3) is 0 Å². The Morgan fingerprint density at radius 1 is 1.75 bits per heavy atom. The molecule has 0 bridgehead atoms. The predicted molar refractivity (Wildman–Crippen MR) is 47.5 cm³/mol. The highest BCUT2D eigenvalue weighted by Gasteiger charge is 2.28. The maximum atomic E-state index is 11.0. The molecule has 1 radical (unpaired) electrons. The van der Waals surface area contributed by atoms with Gasteiger partial charge in [0.2, 0.25) is 5.91 Å². The van der Waals surface area contributed by atoms with Crippen molar-refractivity contribution in [1.29, 1.82) is 0 Å². The van der Waals surface area contributed by atoms with Crippen LogP contribution in [0.5, 0.6) is 0 Å². The number of nitrogens with zero attached hydrogens (tertiary/aromatic N) is 1. The van der Waals surface area contributed by atoms with Crippen LogP contribution in [0.15, 0.2) is 12.7 Å². The summed E-state index contributed by atoms with van der Waals surface area (Å²) in [7, 11) is 0. The summed E-state index contributed by atoms with van der Waals surface area (Å²) in [5, 5.41) is 4.35. The zero-order valence-electron chi connectivity index (χ0n) is 7.20. The summed E-state index contributed by atoms with van der Waals surface area (Å²) in [4.78, 5) is 11.0. The van der Waals surface area contributed by atoms with E-state index in [9.17, 15) is 4.79 Å². The van der Waals surface area contributed by atoms with Gasteiger partial charge in [0, 0.05) is 12.6 Å². The number of nitrogens with two attached hydrogens (primary N) is 1. The van der Waals surface area contributed by atoms with Crippen LogP contribution in [0.3, 0.4) is 0 Å². The van der Waals surface area contributed by atoms with Crippen molar-refractivity contribution >= 4 is 5.91 Å². The van der Waals surface area contributed by atoms with Gasteiger partial charge in [-0.1, -0.05) is 6.08 Å². The molecule has 67 valence electrons. The van der Waals surface area contributed by atoms with Crippen molar-refractivity contribution in [3.8, 4) is 0 Å². The van der Waals surface area contributed by atoms with Gasteiger partial charge in [-0.3, -0.25) is 4.79 Å². The normalized spacial score (nSPS) is 29.7. The van der Waals surface area contributed by atoms with E-state index >= 15 is 0 Å². The fraction of sp³-hybridized carbons (Fsp3) is 0.667. The second-order valence-corrected chi connectivity index (χ2v) is 3.15. The zero-order chi connectivity index (χ0) is 8.97. The van der Waals surface area contributed by atoms with Gasteiger partial charge in [-0.2, -0.15) is 0 Å². The molecule has 0 spiro atoms. The molecule has 1 heterocycles. The van der Waals surface area contributed by atoms with Gasteiger partial charge in [0.25, 0.3) is 0 Å². The van der Waals surface area contributed by atoms with Crippen LogP contribution in [0.1, 0.15) is 19.3 Å². The summed E-state index contributed by atoms with van der Waals surface area (Å²) in [6.07, 6.45) is 4.45. The smallest absolute Gasteiger partial charge is 0.222 e. The van der Waals surface area contributed by atoms with Crippen LogP contribution in [-0.4, -0.2) is 18.5 Å². The second-order valence-electron chi connectivity index (χ2n) is 3.15. The highest BCUT2D eigenvalue weighted by molar-refractivity contribution is 5.77. The van der Waals surface area contributed by atoms with Crippen LogP contribution >= 0.6 is 0 Å². The van der Waals surface area contributed by atoms with E-state index in [2.05, 4.69) is 11.9 Å². The molecule has 2 unspecified atom stereocenters. The van der Waals surface area contributed by atoms with Crippen molar-refractivity contribution in [3.63, 3.8) is 0 Å². The van der Waals surface area contributed by atoms with E-state index in [4.69, 9.17) is 5.73 Å². The summed E-state index contributed by atoms with van der Waals surface area (Å²) in [5.41, 5.74) is 5.25. The van der Waals surface area contributed by atoms with Crippen molar-refractivity contribution in [1.82, 2.24) is 5.32 Å². The van der Waals surface area contributed by atoms with E-state index in [1.165, 1.54) is 0 Å². The number of primary amides is 1. The number of carbonyl (C=O) groups excluding carboxylic acids is 1. The summed E-state index contributed by atoms with van der Waals surface area (Å²) in [6, 6.07) is 0.0914. The Hall–Kier alpha value is -0.830. The standard InChI is InChI=1S/C9H15N2O/c1-2-4-8-7(9(10)12)5-3-6-11-8/h2,7-8H,1,3-6H2,(H2,10,12). The first-order valence-electron chi connectivity index (χ1n) is 4.32. The molecule has 0 aromatic heterocycles. The number of piperidine rings is 1. The quantitative estimate of drug-likeness (QED) is 0.609. The zero-order valence-corrected chi connectivity index (χ0v) is 7.20. The Balaban J connectivity index is 2.53. The summed E-state index contributed by atoms with van der Waals surface area (Å²) in [6.45, 7) is 4.50. The molecule has 1 aliphatic rings. The largest absolute Gasteiger partial charge is 0.369 e. The van der Waals surface area contributed by atoms with Crippen molar-refractivity contribution in [2.45, 2.75) is 25.3 Å². The van der Waals surface area contributed by atoms with Gasteiger partial charge in [0.1, 0.15) is 0 Å². The average Bonchev–Trinajstić information content (AvgIpc) is 2.05. The summed E-state index contributed by atoms with van der Waals surface area (Å²) in [5.74, 6) is -0.276. The summed E-state index contributed by atoms with van der Waals surface area (Å²) < 4.78 is 0. The topological polar surface area (TPSA) is 57.2 Å². The lowest BCUT2D eigenvalue weighted by Crippen LogP contribution is -2.42. The molecule has 12 heavy (non-hydrogen) atoms. The SMILES string of the molecule is C=CCC1[N]CCCC1C(N)=O. The van der Waals surface area contributed by atoms with Crippen molar-refractivity contribution in [2.24, 2.45) is 11.7 Å². The molecule has 1 aliphatic heterocycles. The Kier molecular flexibility index (Phi) is 3.29. The van der Waals surface area contributed by atoms with Crippen LogP contribution in [-0.2, 0) is 4.79 Å². The van der Waals surface area contributed by atoms with E-state index in [0.29, 0.717) is 0 Å². The van der Waals surface area contributed by atoms with E-state index in [0.717, 1.165) is 25.8 Å². The number of hydrogen-bond donors (Lipinski definition) is 1. The molecule has 1 saturated heterocycles. The van der Waals surface area contributed by atoms with Gasteiger partial charge in [-0.25, -0.2) is 5.32 Å². The molecule has 0 saturated carbocycles. The highest BCUT2D eigenvalue weighted by Crippen LogP contribution is 2.19. The third-order valence-corrected chi connectivity index (χ3v) is 2.27. The van der Waals surface area contributed by atoms with Crippen molar-refractivity contribution < 1.29 is 4.79 Å². The molecule has 2 atom stereocenters. The van der Waals surface area contributed by atoms with Gasteiger partial charge >= 0.3 is 0 Å². The molecule has 3 heteroatoms. The molecule has 0 aliphatic carbocycles. The molecule has 1 amide bonds. The first kappa shape index (κ1) is 9.26. The summed E-state index contributed by atoms with van der Waals surface area (Å²) >= 11 is 0. The third kappa shape index (κ3) is 2.08. The highest BCUT2D eigenvalue weighted by atomic mass is 16.1. The Morgan fingerprint density at radius 2 is 2.50 bits per heavy atom.